The summed E-state index contributed by atoms with van der Waals surface area (Å²) in [6.07, 6.45) is 0.560. The first-order chi connectivity index (χ1) is 19.1. The number of carbonyl (C=O) groups excluding carboxylic acids is 1. The van der Waals surface area contributed by atoms with Gasteiger partial charge in [-0.1, -0.05) is 17.7 Å². The van der Waals surface area contributed by atoms with E-state index in [1.54, 1.807) is 44.6 Å². The van der Waals surface area contributed by atoms with E-state index in [9.17, 15) is 14.9 Å². The van der Waals surface area contributed by atoms with E-state index < -0.39 is 22.6 Å². The lowest BCUT2D eigenvalue weighted by atomic mass is 9.78. The molecule has 3 unspecified atom stereocenters. The summed E-state index contributed by atoms with van der Waals surface area (Å²) in [6, 6.07) is 16.1. The minimum Gasteiger partial charge on any atom is -0.493 e. The molecule has 0 radical (unpaired) electrons. The molecule has 208 valence electrons. The third-order valence-electron chi connectivity index (χ3n) is 7.29. The highest BCUT2D eigenvalue weighted by Gasteiger charge is 2.58. The molecule has 10 nitrogen and oxygen atoms in total. The Hall–Kier alpha value is -4.09. The van der Waals surface area contributed by atoms with Gasteiger partial charge in [0.2, 0.25) is 5.91 Å². The van der Waals surface area contributed by atoms with Crippen molar-refractivity contribution in [1.29, 1.82) is 0 Å². The van der Waals surface area contributed by atoms with Crippen LogP contribution in [0.25, 0.3) is 0 Å². The van der Waals surface area contributed by atoms with Crippen LogP contribution in [-0.4, -0.2) is 47.3 Å². The van der Waals surface area contributed by atoms with Gasteiger partial charge in [0.15, 0.2) is 22.3 Å². The Morgan fingerprint density at radius 1 is 1.15 bits per heavy atom. The molecule has 3 atom stereocenters. The van der Waals surface area contributed by atoms with E-state index >= 15 is 0 Å². The number of benzene rings is 3. The summed E-state index contributed by atoms with van der Waals surface area (Å²) in [5.41, 5.74) is 0.709. The maximum Gasteiger partial charge on any atom is 0.270 e. The van der Waals surface area contributed by atoms with Crippen LogP contribution in [0.15, 0.2) is 60.7 Å². The first-order valence-corrected chi connectivity index (χ1v) is 13.3. The summed E-state index contributed by atoms with van der Waals surface area (Å²) >= 11 is 11.8. The number of amides is 1. The summed E-state index contributed by atoms with van der Waals surface area (Å²) in [5, 5.41) is 18.7. The quantitative estimate of drug-likeness (QED) is 0.212. The molecule has 2 N–H and O–H groups in total. The predicted octanol–water partition coefficient (Wildman–Crippen LogP) is 5.10. The van der Waals surface area contributed by atoms with Crippen molar-refractivity contribution in [2.24, 2.45) is 5.92 Å². The fraction of sp³-hybridized carbons (Fsp3) is 0.286. The van der Waals surface area contributed by atoms with Gasteiger partial charge in [0.25, 0.3) is 5.69 Å². The van der Waals surface area contributed by atoms with Crippen LogP contribution in [0.1, 0.15) is 24.1 Å². The lowest BCUT2D eigenvalue weighted by Crippen LogP contribution is -2.71. The molecular formula is C28H27ClN4O6S. The molecule has 12 heteroatoms. The number of nitrogens with one attached hydrogen (secondary N) is 2. The SMILES string of the molecule is COc1ccc(CCN2C(=S)NC3c4cc([N+](=O)[O-])ccc4OC2(C)C3C(=O)Nc2ccc(Cl)cc2)cc1OC. The van der Waals surface area contributed by atoms with Crippen LogP contribution in [0.4, 0.5) is 11.4 Å². The molecule has 40 heavy (non-hydrogen) atoms. The molecule has 2 aliphatic rings. The number of halogens is 1. The second kappa shape index (κ2) is 10.8. The van der Waals surface area contributed by atoms with Gasteiger partial charge < -0.3 is 29.7 Å². The number of nitro benzene ring substituents is 1. The Labute approximate surface area is 241 Å². The second-order valence-corrected chi connectivity index (χ2v) is 10.5. The van der Waals surface area contributed by atoms with Crippen LogP contribution < -0.4 is 24.8 Å². The van der Waals surface area contributed by atoms with Crippen molar-refractivity contribution in [2.75, 3.05) is 26.1 Å². The van der Waals surface area contributed by atoms with Crippen LogP contribution in [0.2, 0.25) is 5.02 Å². The van der Waals surface area contributed by atoms with E-state index in [2.05, 4.69) is 10.6 Å². The highest BCUT2D eigenvalue weighted by Crippen LogP contribution is 2.49. The van der Waals surface area contributed by atoms with Crippen LogP contribution in [0.5, 0.6) is 17.2 Å². The van der Waals surface area contributed by atoms with Crippen LogP contribution >= 0.6 is 23.8 Å². The Kier molecular flexibility index (Phi) is 7.43. The summed E-state index contributed by atoms with van der Waals surface area (Å²) in [6.45, 7) is 2.23. The van der Waals surface area contributed by atoms with E-state index in [-0.39, 0.29) is 11.6 Å². The number of ether oxygens (including phenoxy) is 3. The number of thiocarbonyl (C=S) groups is 1. The third-order valence-corrected chi connectivity index (χ3v) is 7.88. The maximum atomic E-state index is 13.9. The molecule has 2 aliphatic heterocycles. The molecule has 0 saturated carbocycles. The molecule has 3 aromatic carbocycles. The van der Waals surface area contributed by atoms with Gasteiger partial charge in [-0.05, 0) is 73.6 Å². The Bertz CT molecular complexity index is 1490. The molecular weight excluding hydrogens is 556 g/mol. The monoisotopic (exact) mass is 582 g/mol. The number of hydrogen-bond donors (Lipinski definition) is 2. The van der Waals surface area contributed by atoms with E-state index in [4.69, 9.17) is 38.0 Å². The van der Waals surface area contributed by atoms with Crippen molar-refractivity contribution < 1.29 is 23.9 Å². The maximum absolute atomic E-state index is 13.9. The van der Waals surface area contributed by atoms with Gasteiger partial charge in [-0.15, -0.1) is 0 Å². The largest absolute Gasteiger partial charge is 0.493 e. The normalized spacial score (nSPS) is 21.0. The first kappa shape index (κ1) is 27.5. The number of fused-ring (bicyclic) bond motifs is 4. The van der Waals surface area contributed by atoms with Gasteiger partial charge >= 0.3 is 0 Å². The number of nitro groups is 1. The Balaban J connectivity index is 1.51. The van der Waals surface area contributed by atoms with E-state index in [0.29, 0.717) is 51.6 Å². The van der Waals surface area contributed by atoms with Crippen molar-refractivity contribution in [1.82, 2.24) is 10.2 Å². The summed E-state index contributed by atoms with van der Waals surface area (Å²) < 4.78 is 17.3. The van der Waals surface area contributed by atoms with Crippen molar-refractivity contribution in [3.8, 4) is 17.2 Å². The zero-order valence-corrected chi connectivity index (χ0v) is 23.5. The van der Waals surface area contributed by atoms with Crippen molar-refractivity contribution >= 4 is 46.2 Å². The van der Waals surface area contributed by atoms with Crippen molar-refractivity contribution in [3.05, 3.63) is 86.9 Å². The number of anilines is 1. The average molecular weight is 583 g/mol. The van der Waals surface area contributed by atoms with Crippen LogP contribution in [0, 0.1) is 16.0 Å². The van der Waals surface area contributed by atoms with Gasteiger partial charge in [-0.25, -0.2) is 0 Å². The minimum atomic E-state index is -1.21. The third kappa shape index (κ3) is 4.98. The standard InChI is InChI=1S/C28H27ClN4O6S/c1-28-24(26(34)30-18-7-5-17(29)6-8-18)25(20-15-19(33(35)36)9-11-21(20)39-28)31-27(40)32(28)13-12-16-4-10-22(37-2)23(14-16)38-3/h4-11,14-15,24-25H,12-13H2,1-3H3,(H,30,34)(H,31,40). The molecule has 2 bridgehead atoms. The number of carbonyl (C=O) groups is 1. The first-order valence-electron chi connectivity index (χ1n) is 12.5. The summed E-state index contributed by atoms with van der Waals surface area (Å²) in [7, 11) is 3.16. The minimum absolute atomic E-state index is 0.105. The zero-order chi connectivity index (χ0) is 28.6. The van der Waals surface area contributed by atoms with Gasteiger partial charge in [-0.2, -0.15) is 0 Å². The molecule has 1 fully saturated rings. The molecule has 5 rings (SSSR count). The average Bonchev–Trinajstić information content (AvgIpc) is 2.93. The zero-order valence-electron chi connectivity index (χ0n) is 22.0. The van der Waals surface area contributed by atoms with Crippen molar-refractivity contribution in [2.45, 2.75) is 25.1 Å². The fourth-order valence-electron chi connectivity index (χ4n) is 5.31. The molecule has 0 aliphatic carbocycles. The lowest BCUT2D eigenvalue weighted by molar-refractivity contribution is -0.385. The van der Waals surface area contributed by atoms with Gasteiger partial charge in [-0.3, -0.25) is 14.9 Å². The van der Waals surface area contributed by atoms with E-state index in [1.165, 1.54) is 12.1 Å². The highest BCUT2D eigenvalue weighted by molar-refractivity contribution is 7.80. The number of non-ortho nitro benzene ring substituents is 1. The molecule has 1 saturated heterocycles. The van der Waals surface area contributed by atoms with Gasteiger partial charge in [0.1, 0.15) is 11.7 Å². The number of rotatable bonds is 8. The smallest absolute Gasteiger partial charge is 0.270 e. The van der Waals surface area contributed by atoms with Crippen LogP contribution in [-0.2, 0) is 11.2 Å². The van der Waals surface area contributed by atoms with E-state index in [0.717, 1.165) is 5.56 Å². The Morgan fingerprint density at radius 3 is 2.55 bits per heavy atom. The molecule has 3 aromatic rings. The molecule has 1 amide bonds. The van der Waals surface area contributed by atoms with Gasteiger partial charge in [0, 0.05) is 35.0 Å². The fourth-order valence-corrected chi connectivity index (χ4v) is 5.83. The molecule has 0 aromatic heterocycles. The lowest BCUT2D eigenvalue weighted by Gasteiger charge is -2.56. The highest BCUT2D eigenvalue weighted by atomic mass is 35.5. The number of nitrogens with zero attached hydrogens (tertiary/aromatic N) is 2. The topological polar surface area (TPSA) is 115 Å². The summed E-state index contributed by atoms with van der Waals surface area (Å²) in [4.78, 5) is 26.8. The molecule has 0 spiro atoms. The van der Waals surface area contributed by atoms with Gasteiger partial charge in [0.05, 0.1) is 25.2 Å². The molecule has 2 heterocycles. The predicted molar refractivity (Wildman–Crippen MR) is 154 cm³/mol. The van der Waals surface area contributed by atoms with Crippen molar-refractivity contribution in [3.63, 3.8) is 0 Å². The Morgan fingerprint density at radius 2 is 1.88 bits per heavy atom. The van der Waals surface area contributed by atoms with Crippen LogP contribution in [0.3, 0.4) is 0 Å². The number of hydrogen-bond acceptors (Lipinski definition) is 7. The van der Waals surface area contributed by atoms with E-state index in [1.807, 2.05) is 30.0 Å². The number of methoxy groups -OCH3 is 2. The second-order valence-electron chi connectivity index (χ2n) is 9.63. The summed E-state index contributed by atoms with van der Waals surface area (Å²) in [5.74, 6) is 0.513.